The van der Waals surface area contributed by atoms with Crippen LogP contribution in [0.1, 0.15) is 25.0 Å². The van der Waals surface area contributed by atoms with E-state index in [1.54, 1.807) is 0 Å². The quantitative estimate of drug-likeness (QED) is 0.758. The van der Waals surface area contributed by atoms with Crippen LogP contribution in [0.4, 0.5) is 0 Å². The molecule has 1 N–H and O–H groups in total. The predicted octanol–water partition coefficient (Wildman–Crippen LogP) is 1.66. The maximum Gasteiger partial charge on any atom is 0.0637 e. The van der Waals surface area contributed by atoms with E-state index in [0.29, 0.717) is 6.04 Å². The summed E-state index contributed by atoms with van der Waals surface area (Å²) >= 11 is 0. The molecule has 3 heteroatoms. The van der Waals surface area contributed by atoms with Gasteiger partial charge in [-0.25, -0.2) is 0 Å². The Morgan fingerprint density at radius 2 is 2.53 bits per heavy atom. The van der Waals surface area contributed by atoms with Crippen LogP contribution in [-0.2, 0) is 13.5 Å². The molecule has 1 unspecified atom stereocenters. The van der Waals surface area contributed by atoms with E-state index in [1.807, 2.05) is 17.9 Å². The van der Waals surface area contributed by atoms with Gasteiger partial charge in [-0.3, -0.25) is 4.68 Å². The van der Waals surface area contributed by atoms with Crippen LogP contribution in [-0.4, -0.2) is 22.4 Å². The first-order chi connectivity index (χ1) is 7.34. The van der Waals surface area contributed by atoms with Gasteiger partial charge < -0.3 is 5.32 Å². The Hall–Kier alpha value is -1.09. The molecule has 0 aliphatic heterocycles. The first kappa shape index (κ1) is 10.4. The van der Waals surface area contributed by atoms with Gasteiger partial charge in [0.2, 0.25) is 0 Å². The topological polar surface area (TPSA) is 29.9 Å². The van der Waals surface area contributed by atoms with Crippen molar-refractivity contribution in [3.8, 4) is 0 Å². The average Bonchev–Trinajstić information content (AvgIpc) is 2.66. The van der Waals surface area contributed by atoms with E-state index >= 15 is 0 Å². The lowest BCUT2D eigenvalue weighted by Crippen LogP contribution is -2.30. The molecule has 0 fully saturated rings. The van der Waals surface area contributed by atoms with E-state index in [4.69, 9.17) is 0 Å². The molecule has 2 rings (SSSR count). The number of hydrogen-bond donors (Lipinski definition) is 1. The summed E-state index contributed by atoms with van der Waals surface area (Å²) in [6.07, 6.45) is 11.4. The maximum atomic E-state index is 4.35. The number of rotatable bonds is 4. The van der Waals surface area contributed by atoms with E-state index in [-0.39, 0.29) is 0 Å². The molecule has 0 spiro atoms. The zero-order valence-corrected chi connectivity index (χ0v) is 9.32. The molecular formula is C12H19N3. The van der Waals surface area contributed by atoms with Crippen LogP contribution in [0, 0.1) is 0 Å². The van der Waals surface area contributed by atoms with Crippen LogP contribution < -0.4 is 5.32 Å². The highest BCUT2D eigenvalue weighted by atomic mass is 15.2. The lowest BCUT2D eigenvalue weighted by atomic mass is 10.0. The zero-order valence-electron chi connectivity index (χ0n) is 9.32. The summed E-state index contributed by atoms with van der Waals surface area (Å²) in [5.74, 6) is 0. The van der Waals surface area contributed by atoms with Gasteiger partial charge >= 0.3 is 0 Å². The number of aryl methyl sites for hydroxylation is 1. The van der Waals surface area contributed by atoms with Crippen LogP contribution in [0.15, 0.2) is 24.4 Å². The van der Waals surface area contributed by atoms with Gasteiger partial charge in [0, 0.05) is 32.3 Å². The van der Waals surface area contributed by atoms with E-state index < -0.39 is 0 Å². The average molecular weight is 205 g/mol. The lowest BCUT2D eigenvalue weighted by molar-refractivity contribution is 0.522. The first-order valence-electron chi connectivity index (χ1n) is 5.73. The van der Waals surface area contributed by atoms with Crippen LogP contribution in [0.5, 0.6) is 0 Å². The molecule has 0 aromatic carbocycles. The minimum Gasteiger partial charge on any atom is -0.310 e. The molecule has 0 bridgehead atoms. The second kappa shape index (κ2) is 5.12. The van der Waals surface area contributed by atoms with Gasteiger partial charge in [-0.1, -0.05) is 12.2 Å². The SMILES string of the molecule is Cn1ccc(CCNC2C=CCCC2)n1. The maximum absolute atomic E-state index is 4.35. The van der Waals surface area contributed by atoms with Crippen LogP contribution in [0.2, 0.25) is 0 Å². The minimum absolute atomic E-state index is 0.586. The molecule has 1 aromatic heterocycles. The minimum atomic E-state index is 0.586. The highest BCUT2D eigenvalue weighted by Crippen LogP contribution is 2.09. The Morgan fingerprint density at radius 3 is 3.20 bits per heavy atom. The molecule has 1 aliphatic carbocycles. The molecule has 1 aromatic rings. The number of hydrogen-bond acceptors (Lipinski definition) is 2. The van der Waals surface area contributed by atoms with Crippen molar-refractivity contribution < 1.29 is 0 Å². The lowest BCUT2D eigenvalue weighted by Gasteiger charge is -2.17. The molecular weight excluding hydrogens is 186 g/mol. The fourth-order valence-corrected chi connectivity index (χ4v) is 1.96. The second-order valence-electron chi connectivity index (χ2n) is 4.15. The number of allylic oxidation sites excluding steroid dienone is 1. The van der Waals surface area contributed by atoms with Crippen molar-refractivity contribution in [2.24, 2.45) is 7.05 Å². The monoisotopic (exact) mass is 205 g/mol. The molecule has 3 nitrogen and oxygen atoms in total. The van der Waals surface area contributed by atoms with E-state index in [9.17, 15) is 0 Å². The van der Waals surface area contributed by atoms with Crippen molar-refractivity contribution in [2.45, 2.75) is 31.7 Å². The van der Waals surface area contributed by atoms with Crippen molar-refractivity contribution in [3.05, 3.63) is 30.1 Å². The van der Waals surface area contributed by atoms with Crippen molar-refractivity contribution in [3.63, 3.8) is 0 Å². The van der Waals surface area contributed by atoms with Gasteiger partial charge in [-0.15, -0.1) is 0 Å². The number of nitrogens with one attached hydrogen (secondary N) is 1. The Kier molecular flexibility index (Phi) is 3.56. The van der Waals surface area contributed by atoms with Gasteiger partial charge in [0.15, 0.2) is 0 Å². The van der Waals surface area contributed by atoms with Crippen LogP contribution in [0.25, 0.3) is 0 Å². The molecule has 15 heavy (non-hydrogen) atoms. The van der Waals surface area contributed by atoms with E-state index in [0.717, 1.165) is 13.0 Å². The van der Waals surface area contributed by atoms with Crippen molar-refractivity contribution >= 4 is 0 Å². The fraction of sp³-hybridized carbons (Fsp3) is 0.583. The van der Waals surface area contributed by atoms with E-state index in [1.165, 1.54) is 25.0 Å². The fourth-order valence-electron chi connectivity index (χ4n) is 1.96. The zero-order chi connectivity index (χ0) is 10.5. The van der Waals surface area contributed by atoms with Crippen molar-refractivity contribution in [2.75, 3.05) is 6.54 Å². The normalized spacial score (nSPS) is 20.7. The van der Waals surface area contributed by atoms with Gasteiger partial charge in [-0.05, 0) is 25.3 Å². The highest BCUT2D eigenvalue weighted by Gasteiger charge is 2.06. The largest absolute Gasteiger partial charge is 0.310 e. The predicted molar refractivity (Wildman–Crippen MR) is 61.7 cm³/mol. The third kappa shape index (κ3) is 3.20. The smallest absolute Gasteiger partial charge is 0.0637 e. The molecule has 0 radical (unpaired) electrons. The Morgan fingerprint density at radius 1 is 1.60 bits per heavy atom. The van der Waals surface area contributed by atoms with Crippen molar-refractivity contribution in [1.82, 2.24) is 15.1 Å². The Bertz CT molecular complexity index is 327. The van der Waals surface area contributed by atoms with Crippen LogP contribution >= 0.6 is 0 Å². The Labute approximate surface area is 91.2 Å². The summed E-state index contributed by atoms with van der Waals surface area (Å²) in [5, 5.41) is 7.90. The third-order valence-electron chi connectivity index (χ3n) is 2.81. The van der Waals surface area contributed by atoms with Gasteiger partial charge in [0.25, 0.3) is 0 Å². The number of aromatic nitrogens is 2. The first-order valence-corrected chi connectivity index (χ1v) is 5.73. The summed E-state index contributed by atoms with van der Waals surface area (Å²) < 4.78 is 1.86. The third-order valence-corrected chi connectivity index (χ3v) is 2.81. The second-order valence-corrected chi connectivity index (χ2v) is 4.15. The summed E-state index contributed by atoms with van der Waals surface area (Å²) in [6.45, 7) is 1.02. The standard InChI is InChI=1S/C12H19N3/c1-15-10-8-12(14-15)7-9-13-11-5-3-2-4-6-11/h3,5,8,10-11,13H,2,4,6-7,9H2,1H3. The summed E-state index contributed by atoms with van der Waals surface area (Å²) in [7, 11) is 1.96. The van der Waals surface area contributed by atoms with Gasteiger partial charge in [0.1, 0.15) is 0 Å². The summed E-state index contributed by atoms with van der Waals surface area (Å²) in [6, 6.07) is 2.67. The molecule has 82 valence electrons. The van der Waals surface area contributed by atoms with Gasteiger partial charge in [-0.2, -0.15) is 5.10 Å². The molecule has 0 saturated carbocycles. The summed E-state index contributed by atoms with van der Waals surface area (Å²) in [5.41, 5.74) is 1.17. The number of nitrogens with zero attached hydrogens (tertiary/aromatic N) is 2. The summed E-state index contributed by atoms with van der Waals surface area (Å²) in [4.78, 5) is 0. The highest BCUT2D eigenvalue weighted by molar-refractivity contribution is 5.01. The Balaban J connectivity index is 1.70. The van der Waals surface area contributed by atoms with Crippen LogP contribution in [0.3, 0.4) is 0 Å². The molecule has 1 aliphatic rings. The van der Waals surface area contributed by atoms with E-state index in [2.05, 4.69) is 28.6 Å². The molecule has 1 atom stereocenters. The van der Waals surface area contributed by atoms with Gasteiger partial charge in [0.05, 0.1) is 5.69 Å². The van der Waals surface area contributed by atoms with Crippen molar-refractivity contribution in [1.29, 1.82) is 0 Å². The molecule has 0 saturated heterocycles. The molecule has 0 amide bonds. The molecule has 1 heterocycles.